The molecule has 0 unspecified atom stereocenters. The molecule has 1 saturated carbocycles. The largest absolute Gasteiger partial charge is 0.481 e. The first kappa shape index (κ1) is 16.4. The average Bonchev–Trinajstić information content (AvgIpc) is 3.04. The predicted octanol–water partition coefficient (Wildman–Crippen LogP) is 4.15. The van der Waals surface area contributed by atoms with Crippen molar-refractivity contribution in [2.24, 2.45) is 5.41 Å². The third-order valence-corrected chi connectivity index (χ3v) is 5.65. The van der Waals surface area contributed by atoms with Gasteiger partial charge in [0.1, 0.15) is 0 Å². The fraction of sp³-hybridized carbons (Fsp3) is 0.750. The van der Waals surface area contributed by atoms with Gasteiger partial charge in [0.15, 0.2) is 5.16 Å². The van der Waals surface area contributed by atoms with Crippen molar-refractivity contribution in [2.45, 2.75) is 70.5 Å². The lowest BCUT2D eigenvalue weighted by Gasteiger charge is -2.30. The van der Waals surface area contributed by atoms with E-state index in [1.807, 2.05) is 6.20 Å². The Labute approximate surface area is 131 Å². The lowest BCUT2D eigenvalue weighted by Crippen LogP contribution is -2.24. The first-order chi connectivity index (χ1) is 9.97. The Balaban J connectivity index is 2.25. The number of imidazole rings is 1. The summed E-state index contributed by atoms with van der Waals surface area (Å²) in [5.74, 6) is -0.299. The molecule has 4 nitrogen and oxygen atoms in total. The highest BCUT2D eigenvalue weighted by Crippen LogP contribution is 2.43. The third kappa shape index (κ3) is 3.82. The number of rotatable bonds is 7. The van der Waals surface area contributed by atoms with Gasteiger partial charge in [-0.1, -0.05) is 45.4 Å². The third-order valence-electron chi connectivity index (χ3n) is 4.67. The molecule has 1 aromatic rings. The fourth-order valence-corrected chi connectivity index (χ4v) is 4.02. The van der Waals surface area contributed by atoms with Crippen LogP contribution in [0.25, 0.3) is 0 Å². The van der Waals surface area contributed by atoms with Gasteiger partial charge in [-0.25, -0.2) is 4.98 Å². The lowest BCUT2D eigenvalue weighted by atomic mass is 9.83. The van der Waals surface area contributed by atoms with Gasteiger partial charge in [0.25, 0.3) is 0 Å². The number of hydrogen-bond acceptors (Lipinski definition) is 3. The minimum Gasteiger partial charge on any atom is -0.481 e. The van der Waals surface area contributed by atoms with E-state index in [1.165, 1.54) is 49.6 Å². The molecule has 0 radical (unpaired) electrons. The number of thioether (sulfide) groups is 1. The van der Waals surface area contributed by atoms with E-state index >= 15 is 0 Å². The first-order valence-electron chi connectivity index (χ1n) is 7.87. The van der Waals surface area contributed by atoms with E-state index in [9.17, 15) is 4.79 Å². The van der Waals surface area contributed by atoms with Crippen molar-refractivity contribution < 1.29 is 9.90 Å². The predicted molar refractivity (Wildman–Crippen MR) is 85.9 cm³/mol. The highest BCUT2D eigenvalue weighted by atomic mass is 32.2. The Hall–Kier alpha value is -0.970. The molecule has 0 bridgehead atoms. The lowest BCUT2D eigenvalue weighted by molar-refractivity contribution is -0.133. The highest BCUT2D eigenvalue weighted by Gasteiger charge is 2.33. The highest BCUT2D eigenvalue weighted by molar-refractivity contribution is 7.99. The van der Waals surface area contributed by atoms with Crippen molar-refractivity contribution >= 4 is 17.7 Å². The molecule has 1 aliphatic carbocycles. The molecule has 5 heteroatoms. The van der Waals surface area contributed by atoms with Gasteiger partial charge in [-0.05, 0) is 30.6 Å². The molecular formula is C16H26N2O2S. The second-order valence-corrected chi connectivity index (χ2v) is 7.39. The molecule has 118 valence electrons. The summed E-state index contributed by atoms with van der Waals surface area (Å²) in [5, 5.41) is 9.77. The maximum absolute atomic E-state index is 10.8. The van der Waals surface area contributed by atoms with Crippen molar-refractivity contribution in [3.05, 3.63) is 11.9 Å². The number of carboxylic acid groups (broad SMARTS) is 1. The molecule has 1 N–H and O–H groups in total. The Bertz CT molecular complexity index is 490. The van der Waals surface area contributed by atoms with Crippen molar-refractivity contribution in [2.75, 3.05) is 5.75 Å². The van der Waals surface area contributed by atoms with Gasteiger partial charge >= 0.3 is 5.97 Å². The van der Waals surface area contributed by atoms with Crippen molar-refractivity contribution in [1.82, 2.24) is 9.55 Å². The summed E-state index contributed by atoms with van der Waals surface area (Å²) in [6.45, 7) is 7.61. The summed E-state index contributed by atoms with van der Waals surface area (Å²) in [7, 11) is 0. The molecule has 21 heavy (non-hydrogen) atoms. The number of aromatic nitrogens is 2. The van der Waals surface area contributed by atoms with Gasteiger partial charge in [-0.2, -0.15) is 0 Å². The summed E-state index contributed by atoms with van der Waals surface area (Å²) in [5.41, 5.74) is 1.60. The van der Waals surface area contributed by atoms with Gasteiger partial charge < -0.3 is 9.67 Å². The summed E-state index contributed by atoms with van der Waals surface area (Å²) in [6, 6.07) is 0. The van der Waals surface area contributed by atoms with E-state index < -0.39 is 5.97 Å². The van der Waals surface area contributed by atoms with Crippen LogP contribution >= 0.6 is 11.8 Å². The van der Waals surface area contributed by atoms with Crippen molar-refractivity contribution in [3.63, 3.8) is 0 Å². The molecule has 1 aromatic heterocycles. The molecule has 1 fully saturated rings. The maximum atomic E-state index is 10.8. The minimum atomic E-state index is -0.785. The van der Waals surface area contributed by atoms with Gasteiger partial charge in [0.2, 0.25) is 0 Å². The van der Waals surface area contributed by atoms with E-state index in [-0.39, 0.29) is 5.75 Å². The average molecular weight is 310 g/mol. The quantitative estimate of drug-likeness (QED) is 0.769. The SMILES string of the molecule is CCC1(Cn2c(C(C)C)cnc2SCC(=O)O)CCCC1. The van der Waals surface area contributed by atoms with Crippen LogP contribution in [0.2, 0.25) is 0 Å². The Kier molecular flexibility index (Phi) is 5.36. The maximum Gasteiger partial charge on any atom is 0.313 e. The summed E-state index contributed by atoms with van der Waals surface area (Å²) >= 11 is 1.34. The van der Waals surface area contributed by atoms with E-state index in [0.717, 1.165) is 11.7 Å². The first-order valence-corrected chi connectivity index (χ1v) is 8.86. The Morgan fingerprint density at radius 3 is 2.67 bits per heavy atom. The van der Waals surface area contributed by atoms with Crippen LogP contribution in [0.1, 0.15) is 64.5 Å². The Morgan fingerprint density at radius 2 is 2.14 bits per heavy atom. The number of aliphatic carboxylic acids is 1. The van der Waals surface area contributed by atoms with Crippen LogP contribution in [0.4, 0.5) is 0 Å². The van der Waals surface area contributed by atoms with Crippen LogP contribution in [-0.4, -0.2) is 26.4 Å². The van der Waals surface area contributed by atoms with Crippen LogP contribution in [0.15, 0.2) is 11.4 Å². The van der Waals surface area contributed by atoms with E-state index in [2.05, 4.69) is 30.3 Å². The summed E-state index contributed by atoms with van der Waals surface area (Å²) < 4.78 is 2.28. The smallest absolute Gasteiger partial charge is 0.313 e. The van der Waals surface area contributed by atoms with E-state index in [4.69, 9.17) is 5.11 Å². The number of nitrogens with zero attached hydrogens (tertiary/aromatic N) is 2. The van der Waals surface area contributed by atoms with Crippen LogP contribution in [0.5, 0.6) is 0 Å². The van der Waals surface area contributed by atoms with E-state index in [0.29, 0.717) is 11.3 Å². The van der Waals surface area contributed by atoms with Gasteiger partial charge in [0.05, 0.1) is 5.75 Å². The number of carboxylic acids is 1. The van der Waals surface area contributed by atoms with Gasteiger partial charge in [-0.3, -0.25) is 4.79 Å². The van der Waals surface area contributed by atoms with Crippen LogP contribution < -0.4 is 0 Å². The van der Waals surface area contributed by atoms with Gasteiger partial charge in [-0.15, -0.1) is 0 Å². The number of carbonyl (C=O) groups is 1. The molecule has 0 aromatic carbocycles. The molecule has 1 aliphatic rings. The topological polar surface area (TPSA) is 55.1 Å². The zero-order valence-corrected chi connectivity index (χ0v) is 14.1. The van der Waals surface area contributed by atoms with Crippen LogP contribution in [-0.2, 0) is 11.3 Å². The Morgan fingerprint density at radius 1 is 1.48 bits per heavy atom. The fourth-order valence-electron chi connectivity index (χ4n) is 3.32. The monoisotopic (exact) mass is 310 g/mol. The zero-order chi connectivity index (χ0) is 15.5. The van der Waals surface area contributed by atoms with Gasteiger partial charge in [0, 0.05) is 18.4 Å². The van der Waals surface area contributed by atoms with E-state index in [1.54, 1.807) is 0 Å². The summed E-state index contributed by atoms with van der Waals surface area (Å²) in [4.78, 5) is 15.3. The normalized spacial score (nSPS) is 17.5. The summed E-state index contributed by atoms with van der Waals surface area (Å²) in [6.07, 6.45) is 8.30. The molecule has 0 amide bonds. The standard InChI is InChI=1S/C16H26N2O2S/c1-4-16(7-5-6-8-16)11-18-13(12(2)3)9-17-15(18)21-10-14(19)20/h9,12H,4-8,10-11H2,1-3H3,(H,19,20). The molecule has 1 heterocycles. The van der Waals surface area contributed by atoms with Crippen molar-refractivity contribution in [1.29, 1.82) is 0 Å². The molecular weight excluding hydrogens is 284 g/mol. The second kappa shape index (κ2) is 6.86. The molecule has 2 rings (SSSR count). The molecule has 0 spiro atoms. The van der Waals surface area contributed by atoms with Crippen LogP contribution in [0.3, 0.4) is 0 Å². The van der Waals surface area contributed by atoms with Crippen LogP contribution in [0, 0.1) is 5.41 Å². The zero-order valence-electron chi connectivity index (χ0n) is 13.3. The van der Waals surface area contributed by atoms with Crippen molar-refractivity contribution in [3.8, 4) is 0 Å². The second-order valence-electron chi connectivity index (χ2n) is 6.45. The molecule has 0 atom stereocenters. The number of hydrogen-bond donors (Lipinski definition) is 1. The molecule has 0 aliphatic heterocycles. The minimum absolute atomic E-state index is 0.0771. The molecule has 0 saturated heterocycles.